The SMILES string of the molecule is CC1CN(S(=O)(=O)c2ccc3c(c2)CCCC3)CC(C)N1.Cl. The first kappa shape index (κ1) is 17.7. The van der Waals surface area contributed by atoms with Crippen molar-refractivity contribution in [1.29, 1.82) is 0 Å². The highest BCUT2D eigenvalue weighted by molar-refractivity contribution is 7.89. The highest BCUT2D eigenvalue weighted by atomic mass is 35.5. The van der Waals surface area contributed by atoms with Crippen LogP contribution in [0.4, 0.5) is 0 Å². The Morgan fingerprint density at radius 1 is 1.05 bits per heavy atom. The molecule has 1 N–H and O–H groups in total. The summed E-state index contributed by atoms with van der Waals surface area (Å²) in [7, 11) is -3.37. The van der Waals surface area contributed by atoms with E-state index >= 15 is 0 Å². The molecule has 3 rings (SSSR count). The van der Waals surface area contributed by atoms with Crippen molar-refractivity contribution in [2.24, 2.45) is 0 Å². The number of hydrogen-bond donors (Lipinski definition) is 1. The number of sulfonamides is 1. The second-order valence-electron chi connectivity index (χ2n) is 6.43. The molecule has 22 heavy (non-hydrogen) atoms. The van der Waals surface area contributed by atoms with Crippen molar-refractivity contribution in [1.82, 2.24) is 9.62 Å². The van der Waals surface area contributed by atoms with Crippen LogP contribution in [0.3, 0.4) is 0 Å². The first-order valence-corrected chi connectivity index (χ1v) is 9.29. The Kier molecular flexibility index (Phi) is 5.54. The number of nitrogens with one attached hydrogen (secondary N) is 1. The van der Waals surface area contributed by atoms with Gasteiger partial charge in [-0.1, -0.05) is 6.07 Å². The van der Waals surface area contributed by atoms with E-state index in [2.05, 4.69) is 5.32 Å². The van der Waals surface area contributed by atoms with E-state index in [9.17, 15) is 8.42 Å². The van der Waals surface area contributed by atoms with Gasteiger partial charge in [-0.15, -0.1) is 12.4 Å². The minimum Gasteiger partial charge on any atom is -0.309 e. The van der Waals surface area contributed by atoms with Crippen molar-refractivity contribution in [2.75, 3.05) is 13.1 Å². The molecule has 1 aliphatic carbocycles. The second-order valence-corrected chi connectivity index (χ2v) is 8.37. The second kappa shape index (κ2) is 6.87. The minimum absolute atomic E-state index is 0. The lowest BCUT2D eigenvalue weighted by Gasteiger charge is -2.35. The highest BCUT2D eigenvalue weighted by Gasteiger charge is 2.31. The van der Waals surface area contributed by atoms with Crippen molar-refractivity contribution in [3.63, 3.8) is 0 Å². The summed E-state index contributed by atoms with van der Waals surface area (Å²) in [5, 5.41) is 3.38. The summed E-state index contributed by atoms with van der Waals surface area (Å²) in [4.78, 5) is 0.462. The summed E-state index contributed by atoms with van der Waals surface area (Å²) in [6.45, 7) is 5.16. The molecule has 0 radical (unpaired) electrons. The zero-order valence-electron chi connectivity index (χ0n) is 13.2. The average molecular weight is 345 g/mol. The van der Waals surface area contributed by atoms with E-state index in [4.69, 9.17) is 0 Å². The Balaban J connectivity index is 0.00000176. The van der Waals surface area contributed by atoms with Crippen molar-refractivity contribution < 1.29 is 8.42 Å². The summed E-state index contributed by atoms with van der Waals surface area (Å²) in [5.74, 6) is 0. The number of benzene rings is 1. The summed E-state index contributed by atoms with van der Waals surface area (Å²) in [6.07, 6.45) is 4.47. The van der Waals surface area contributed by atoms with Gasteiger partial charge in [0.2, 0.25) is 10.0 Å². The average Bonchev–Trinajstić information content (AvgIpc) is 2.45. The fourth-order valence-electron chi connectivity index (χ4n) is 3.49. The lowest BCUT2D eigenvalue weighted by Crippen LogP contribution is -2.55. The smallest absolute Gasteiger partial charge is 0.243 e. The van der Waals surface area contributed by atoms with Gasteiger partial charge in [0.05, 0.1) is 4.90 Å². The molecule has 6 heteroatoms. The van der Waals surface area contributed by atoms with Crippen LogP contribution in [0.5, 0.6) is 0 Å². The predicted octanol–water partition coefficient (Wildman–Crippen LogP) is 2.36. The molecule has 0 aromatic heterocycles. The molecule has 0 bridgehead atoms. The number of halogens is 1. The number of hydrogen-bond acceptors (Lipinski definition) is 3. The molecule has 1 fully saturated rings. The first-order valence-electron chi connectivity index (χ1n) is 7.85. The molecule has 0 saturated carbocycles. The monoisotopic (exact) mass is 344 g/mol. The normalized spacial score (nSPS) is 26.1. The Bertz CT molecular complexity index is 623. The van der Waals surface area contributed by atoms with Gasteiger partial charge in [-0.2, -0.15) is 4.31 Å². The number of rotatable bonds is 2. The van der Waals surface area contributed by atoms with Crippen LogP contribution in [0, 0.1) is 0 Å². The van der Waals surface area contributed by atoms with E-state index in [0.717, 1.165) is 19.3 Å². The molecule has 0 spiro atoms. The van der Waals surface area contributed by atoms with Gasteiger partial charge >= 0.3 is 0 Å². The number of fused-ring (bicyclic) bond motifs is 1. The van der Waals surface area contributed by atoms with Crippen LogP contribution in [-0.4, -0.2) is 37.9 Å². The van der Waals surface area contributed by atoms with Gasteiger partial charge in [0.1, 0.15) is 0 Å². The molecule has 4 nitrogen and oxygen atoms in total. The quantitative estimate of drug-likeness (QED) is 0.896. The lowest BCUT2D eigenvalue weighted by molar-refractivity contribution is 0.263. The van der Waals surface area contributed by atoms with Gasteiger partial charge in [-0.05, 0) is 62.8 Å². The third-order valence-electron chi connectivity index (χ3n) is 4.48. The van der Waals surface area contributed by atoms with Crippen LogP contribution in [0.15, 0.2) is 23.1 Å². The number of piperazine rings is 1. The number of aryl methyl sites for hydroxylation is 2. The molecule has 1 aromatic carbocycles. The molecule has 1 aliphatic heterocycles. The first-order chi connectivity index (χ1) is 9.96. The van der Waals surface area contributed by atoms with Crippen molar-refractivity contribution >= 4 is 22.4 Å². The Hall–Kier alpha value is -0.620. The minimum atomic E-state index is -3.37. The number of nitrogens with zero attached hydrogens (tertiary/aromatic N) is 1. The van der Waals surface area contributed by atoms with Gasteiger partial charge in [-0.25, -0.2) is 8.42 Å². The molecule has 1 heterocycles. The molecular weight excluding hydrogens is 320 g/mol. The van der Waals surface area contributed by atoms with Crippen molar-refractivity contribution in [3.05, 3.63) is 29.3 Å². The Labute approximate surface area is 139 Å². The summed E-state index contributed by atoms with van der Waals surface area (Å²) >= 11 is 0. The predicted molar refractivity (Wildman–Crippen MR) is 91.2 cm³/mol. The Morgan fingerprint density at radius 3 is 2.27 bits per heavy atom. The molecule has 1 saturated heterocycles. The standard InChI is InChI=1S/C16H24N2O2S.ClH/c1-12-10-18(11-13(2)17-12)21(19,20)16-8-7-14-5-3-4-6-15(14)9-16;/h7-9,12-13,17H,3-6,10-11H2,1-2H3;1H. The highest BCUT2D eigenvalue weighted by Crippen LogP contribution is 2.26. The van der Waals surface area contributed by atoms with E-state index < -0.39 is 10.0 Å². The maximum atomic E-state index is 12.9. The van der Waals surface area contributed by atoms with Crippen molar-refractivity contribution in [3.8, 4) is 0 Å². The van der Waals surface area contributed by atoms with Gasteiger partial charge in [0.15, 0.2) is 0 Å². The van der Waals surface area contributed by atoms with Crippen LogP contribution >= 0.6 is 12.4 Å². The van der Waals surface area contributed by atoms with E-state index in [1.165, 1.54) is 17.5 Å². The fourth-order valence-corrected chi connectivity index (χ4v) is 5.16. The topological polar surface area (TPSA) is 49.4 Å². The van der Waals surface area contributed by atoms with Gasteiger partial charge in [-0.3, -0.25) is 0 Å². The zero-order chi connectivity index (χ0) is 15.0. The zero-order valence-corrected chi connectivity index (χ0v) is 14.8. The summed E-state index contributed by atoms with van der Waals surface area (Å²) in [5.41, 5.74) is 2.54. The Morgan fingerprint density at radius 2 is 1.64 bits per heavy atom. The van der Waals surface area contributed by atoms with E-state index in [1.54, 1.807) is 10.4 Å². The van der Waals surface area contributed by atoms with Gasteiger partial charge in [0, 0.05) is 25.2 Å². The summed E-state index contributed by atoms with van der Waals surface area (Å²) < 4.78 is 27.4. The van der Waals surface area contributed by atoms with Gasteiger partial charge in [0.25, 0.3) is 0 Å². The molecule has 2 unspecified atom stereocenters. The van der Waals surface area contributed by atoms with Crippen LogP contribution in [-0.2, 0) is 22.9 Å². The van der Waals surface area contributed by atoms with Crippen LogP contribution in [0.25, 0.3) is 0 Å². The van der Waals surface area contributed by atoms with E-state index in [1.807, 2.05) is 26.0 Å². The fraction of sp³-hybridized carbons (Fsp3) is 0.625. The van der Waals surface area contributed by atoms with E-state index in [0.29, 0.717) is 18.0 Å². The maximum Gasteiger partial charge on any atom is 0.243 e. The molecule has 0 amide bonds. The third-order valence-corrected chi connectivity index (χ3v) is 6.31. The molecule has 2 aliphatic rings. The van der Waals surface area contributed by atoms with E-state index in [-0.39, 0.29) is 24.5 Å². The van der Waals surface area contributed by atoms with Crippen LogP contribution in [0.2, 0.25) is 0 Å². The third kappa shape index (κ3) is 3.48. The summed E-state index contributed by atoms with van der Waals surface area (Å²) in [6, 6.07) is 6.09. The molecule has 1 aromatic rings. The largest absolute Gasteiger partial charge is 0.309 e. The molecule has 2 atom stereocenters. The molecular formula is C16H25ClN2O2S. The van der Waals surface area contributed by atoms with Crippen LogP contribution < -0.4 is 5.32 Å². The molecule has 124 valence electrons. The van der Waals surface area contributed by atoms with Crippen LogP contribution in [0.1, 0.15) is 37.8 Å². The van der Waals surface area contributed by atoms with Crippen molar-refractivity contribution in [2.45, 2.75) is 56.5 Å². The van der Waals surface area contributed by atoms with Gasteiger partial charge < -0.3 is 5.32 Å². The lowest BCUT2D eigenvalue weighted by atomic mass is 9.92. The maximum absolute atomic E-state index is 12.9.